The molecule has 2 aliphatic rings. The van der Waals surface area contributed by atoms with Gasteiger partial charge in [-0.2, -0.15) is 0 Å². The Morgan fingerprint density at radius 2 is 1.70 bits per heavy atom. The molecule has 0 aliphatic carbocycles. The fourth-order valence-corrected chi connectivity index (χ4v) is 4.15. The van der Waals surface area contributed by atoms with Gasteiger partial charge in [-0.05, 0) is 61.9 Å². The van der Waals surface area contributed by atoms with Gasteiger partial charge in [0.1, 0.15) is 11.9 Å². The topological polar surface area (TPSA) is 71.0 Å². The Morgan fingerprint density at radius 1 is 1.03 bits per heavy atom. The summed E-state index contributed by atoms with van der Waals surface area (Å²) in [6, 6.07) is 14.7. The number of hydrogen-bond donors (Lipinski definition) is 3. The van der Waals surface area contributed by atoms with Crippen molar-refractivity contribution in [2.24, 2.45) is 11.8 Å². The molecule has 1 fully saturated rings. The van der Waals surface area contributed by atoms with E-state index in [0.29, 0.717) is 18.3 Å². The van der Waals surface area contributed by atoms with Crippen LogP contribution in [-0.2, 0) is 11.2 Å². The smallest absolute Gasteiger partial charge is 0.125 e. The molecule has 2 heterocycles. The third-order valence-electron chi connectivity index (χ3n) is 6.13. The number of fused-ring (bicyclic) bond motifs is 1. The summed E-state index contributed by atoms with van der Waals surface area (Å²) >= 11 is 0. The fourth-order valence-electron chi connectivity index (χ4n) is 4.15. The summed E-state index contributed by atoms with van der Waals surface area (Å²) in [5.74, 6) is 2.07. The Labute approximate surface area is 200 Å². The van der Waals surface area contributed by atoms with E-state index < -0.39 is 0 Å². The average Bonchev–Trinajstić information content (AvgIpc) is 2.85. The lowest BCUT2D eigenvalue weighted by Gasteiger charge is -2.36. The molecule has 184 valence electrons. The number of aliphatic hydroxyl groups is 2. The van der Waals surface area contributed by atoms with Crippen molar-refractivity contribution < 1.29 is 19.7 Å². The number of rotatable bonds is 5. The molecule has 2 atom stereocenters. The standard InChI is InChI=1S/C15H20O3.C12H19N.CH4O/c1-10-2-3-14-12(8-10)13(16)9-15(18-14)11-4-6-17-7-5-11;1-4-11-5-7-12(8-6-11)13-9-10(2)3;1-2/h2-3,8,11,13,15-16H,4-7,9H2,1H3;5-8,10,13H,4,9H2,1-3H3;2H,1H3. The zero-order valence-corrected chi connectivity index (χ0v) is 21.0. The maximum Gasteiger partial charge on any atom is 0.125 e. The van der Waals surface area contributed by atoms with Gasteiger partial charge in [0.25, 0.3) is 0 Å². The van der Waals surface area contributed by atoms with Crippen LogP contribution in [0.5, 0.6) is 5.75 Å². The molecule has 4 rings (SSSR count). The van der Waals surface area contributed by atoms with Crippen molar-refractivity contribution in [3.63, 3.8) is 0 Å². The average molecular weight is 458 g/mol. The number of nitrogens with one attached hydrogen (secondary N) is 1. The molecular weight excluding hydrogens is 414 g/mol. The zero-order valence-electron chi connectivity index (χ0n) is 21.0. The summed E-state index contributed by atoms with van der Waals surface area (Å²) in [6.45, 7) is 11.3. The molecule has 5 heteroatoms. The highest BCUT2D eigenvalue weighted by molar-refractivity contribution is 5.44. The van der Waals surface area contributed by atoms with E-state index in [-0.39, 0.29) is 12.2 Å². The van der Waals surface area contributed by atoms with Gasteiger partial charge in [0, 0.05) is 50.5 Å². The van der Waals surface area contributed by atoms with Crippen LogP contribution < -0.4 is 10.1 Å². The van der Waals surface area contributed by atoms with Crippen LogP contribution in [-0.4, -0.2) is 43.2 Å². The summed E-state index contributed by atoms with van der Waals surface area (Å²) in [4.78, 5) is 0. The second-order valence-electron chi connectivity index (χ2n) is 9.22. The maximum atomic E-state index is 10.3. The molecule has 2 aliphatic heterocycles. The van der Waals surface area contributed by atoms with E-state index in [9.17, 15) is 5.11 Å². The van der Waals surface area contributed by atoms with Crippen LogP contribution in [0, 0.1) is 18.8 Å². The Bertz CT molecular complexity index is 800. The van der Waals surface area contributed by atoms with Crippen molar-refractivity contribution in [1.82, 2.24) is 0 Å². The Hall–Kier alpha value is -2.08. The molecule has 2 unspecified atom stereocenters. The molecule has 0 saturated carbocycles. The normalized spacial score (nSPS) is 19.9. The minimum Gasteiger partial charge on any atom is -0.490 e. The summed E-state index contributed by atoms with van der Waals surface area (Å²) in [6.07, 6.45) is 3.66. The van der Waals surface area contributed by atoms with Gasteiger partial charge < -0.3 is 25.0 Å². The molecule has 2 aromatic rings. The van der Waals surface area contributed by atoms with Crippen molar-refractivity contribution in [2.75, 3.05) is 32.2 Å². The molecule has 33 heavy (non-hydrogen) atoms. The molecule has 0 radical (unpaired) electrons. The quantitative estimate of drug-likeness (QED) is 0.551. The Kier molecular flexibility index (Phi) is 11.7. The molecule has 5 nitrogen and oxygen atoms in total. The number of aryl methyl sites for hydroxylation is 2. The molecule has 0 bridgehead atoms. The van der Waals surface area contributed by atoms with E-state index in [0.717, 1.165) is 57.4 Å². The summed E-state index contributed by atoms with van der Waals surface area (Å²) in [7, 11) is 1.00. The molecule has 0 amide bonds. The van der Waals surface area contributed by atoms with Gasteiger partial charge >= 0.3 is 0 Å². The Morgan fingerprint density at radius 3 is 2.30 bits per heavy atom. The minimum atomic E-state index is -0.388. The molecule has 2 aromatic carbocycles. The first-order chi connectivity index (χ1) is 16.0. The van der Waals surface area contributed by atoms with E-state index in [2.05, 4.69) is 50.4 Å². The second-order valence-corrected chi connectivity index (χ2v) is 9.22. The second kappa shape index (κ2) is 14.2. The highest BCUT2D eigenvalue weighted by Gasteiger charge is 2.33. The summed E-state index contributed by atoms with van der Waals surface area (Å²) < 4.78 is 11.5. The number of ether oxygens (including phenoxy) is 2. The maximum absolute atomic E-state index is 10.3. The lowest BCUT2D eigenvalue weighted by molar-refractivity contribution is -0.0150. The van der Waals surface area contributed by atoms with Crippen LogP contribution in [0.15, 0.2) is 42.5 Å². The van der Waals surface area contributed by atoms with E-state index >= 15 is 0 Å². The van der Waals surface area contributed by atoms with E-state index in [1.165, 1.54) is 16.8 Å². The van der Waals surface area contributed by atoms with Crippen LogP contribution in [0.1, 0.15) is 62.8 Å². The third-order valence-corrected chi connectivity index (χ3v) is 6.13. The van der Waals surface area contributed by atoms with Gasteiger partial charge in [0.05, 0.1) is 6.10 Å². The van der Waals surface area contributed by atoms with Gasteiger partial charge in [-0.15, -0.1) is 0 Å². The van der Waals surface area contributed by atoms with Crippen LogP contribution in [0.25, 0.3) is 0 Å². The van der Waals surface area contributed by atoms with E-state index in [1.54, 1.807) is 0 Å². The lowest BCUT2D eigenvalue weighted by atomic mass is 9.86. The summed E-state index contributed by atoms with van der Waals surface area (Å²) in [5.41, 5.74) is 4.74. The lowest BCUT2D eigenvalue weighted by Crippen LogP contribution is -2.36. The SMILES string of the molecule is CCc1ccc(NCC(C)C)cc1.CO.Cc1ccc2c(c1)C(O)CC(C1CCOCC1)O2. The van der Waals surface area contributed by atoms with Gasteiger partial charge in [-0.1, -0.05) is 44.5 Å². The van der Waals surface area contributed by atoms with Gasteiger partial charge in [-0.3, -0.25) is 0 Å². The highest BCUT2D eigenvalue weighted by atomic mass is 16.5. The van der Waals surface area contributed by atoms with Crippen LogP contribution in [0.4, 0.5) is 5.69 Å². The third kappa shape index (κ3) is 8.65. The van der Waals surface area contributed by atoms with Crippen molar-refractivity contribution >= 4 is 5.69 Å². The predicted octanol–water partition coefficient (Wildman–Crippen LogP) is 5.53. The number of anilines is 1. The van der Waals surface area contributed by atoms with Crippen molar-refractivity contribution in [1.29, 1.82) is 0 Å². The molecule has 3 N–H and O–H groups in total. The molecular formula is C28H43NO4. The van der Waals surface area contributed by atoms with Gasteiger partial charge in [0.15, 0.2) is 0 Å². The number of hydrogen-bond acceptors (Lipinski definition) is 5. The van der Waals surface area contributed by atoms with Crippen LogP contribution in [0.2, 0.25) is 0 Å². The van der Waals surface area contributed by atoms with E-state index in [4.69, 9.17) is 14.6 Å². The van der Waals surface area contributed by atoms with Gasteiger partial charge in [0.2, 0.25) is 0 Å². The van der Waals surface area contributed by atoms with Crippen molar-refractivity contribution in [3.8, 4) is 5.75 Å². The monoisotopic (exact) mass is 457 g/mol. The number of benzene rings is 2. The number of aliphatic hydroxyl groups excluding tert-OH is 2. The molecule has 1 saturated heterocycles. The molecule has 0 spiro atoms. The predicted molar refractivity (Wildman–Crippen MR) is 136 cm³/mol. The largest absolute Gasteiger partial charge is 0.490 e. The van der Waals surface area contributed by atoms with Crippen molar-refractivity contribution in [3.05, 3.63) is 59.2 Å². The first-order valence-electron chi connectivity index (χ1n) is 12.3. The van der Waals surface area contributed by atoms with Gasteiger partial charge in [-0.25, -0.2) is 0 Å². The van der Waals surface area contributed by atoms with Crippen LogP contribution >= 0.6 is 0 Å². The van der Waals surface area contributed by atoms with Crippen LogP contribution in [0.3, 0.4) is 0 Å². The molecule has 0 aromatic heterocycles. The zero-order chi connectivity index (χ0) is 24.2. The first-order valence-corrected chi connectivity index (χ1v) is 12.3. The Balaban J connectivity index is 0.000000228. The highest BCUT2D eigenvalue weighted by Crippen LogP contribution is 2.39. The summed E-state index contributed by atoms with van der Waals surface area (Å²) in [5, 5.41) is 20.7. The van der Waals surface area contributed by atoms with E-state index in [1.807, 2.05) is 25.1 Å². The fraction of sp³-hybridized carbons (Fsp3) is 0.571. The van der Waals surface area contributed by atoms with Crippen molar-refractivity contribution in [2.45, 2.75) is 65.6 Å². The first kappa shape index (κ1) is 27.2. The minimum absolute atomic E-state index is 0.138.